The number of benzene rings is 2. The molecule has 0 saturated carbocycles. The Kier molecular flexibility index (Phi) is 4.97. The first-order valence-electron chi connectivity index (χ1n) is 9.56. The number of carbonyl (C=O) groups is 1. The Balaban J connectivity index is 1.38. The zero-order valence-electron chi connectivity index (χ0n) is 16.0. The van der Waals surface area contributed by atoms with Gasteiger partial charge in [0.05, 0.1) is 23.2 Å². The summed E-state index contributed by atoms with van der Waals surface area (Å²) in [4.78, 5) is 31.1. The molecule has 1 aromatic heterocycles. The summed E-state index contributed by atoms with van der Waals surface area (Å²) in [5.74, 6) is -0.613. The molecule has 4 rings (SSSR count). The number of hydrogen-bond acceptors (Lipinski definition) is 4. The van der Waals surface area contributed by atoms with Gasteiger partial charge in [-0.15, -0.1) is 0 Å². The van der Waals surface area contributed by atoms with E-state index in [1.807, 2.05) is 11.8 Å². The summed E-state index contributed by atoms with van der Waals surface area (Å²) in [5, 5.41) is 14.0. The van der Waals surface area contributed by atoms with E-state index in [2.05, 4.69) is 15.3 Å². The van der Waals surface area contributed by atoms with Crippen molar-refractivity contribution in [1.29, 1.82) is 0 Å². The number of piperidine rings is 1. The van der Waals surface area contributed by atoms with Crippen LogP contribution in [0.3, 0.4) is 0 Å². The molecule has 1 saturated heterocycles. The molecule has 7 nitrogen and oxygen atoms in total. The Morgan fingerprint density at radius 3 is 2.69 bits per heavy atom. The van der Waals surface area contributed by atoms with E-state index in [1.54, 1.807) is 30.3 Å². The maximum atomic E-state index is 13.2. The van der Waals surface area contributed by atoms with Crippen molar-refractivity contribution >= 4 is 22.6 Å². The van der Waals surface area contributed by atoms with Crippen LogP contribution in [0, 0.1) is 11.7 Å². The minimum atomic E-state index is -1.04. The molecule has 1 fully saturated rings. The molecular formula is C21H23FN4O3. The number of amides is 1. The fraction of sp³-hybridized carbons (Fsp3) is 0.333. The van der Waals surface area contributed by atoms with Crippen LogP contribution in [0.4, 0.5) is 10.1 Å². The summed E-state index contributed by atoms with van der Waals surface area (Å²) in [6, 6.07) is 11.1. The van der Waals surface area contributed by atoms with Crippen molar-refractivity contribution in [2.75, 3.05) is 25.0 Å². The lowest BCUT2D eigenvalue weighted by molar-refractivity contribution is -0.120. The van der Waals surface area contributed by atoms with Crippen LogP contribution < -0.4 is 11.0 Å². The molecule has 4 N–H and O–H groups in total. The van der Waals surface area contributed by atoms with Crippen molar-refractivity contribution in [3.63, 3.8) is 0 Å². The monoisotopic (exact) mass is 398 g/mol. The second kappa shape index (κ2) is 7.46. The molecule has 29 heavy (non-hydrogen) atoms. The van der Waals surface area contributed by atoms with Gasteiger partial charge in [-0.2, -0.15) is 0 Å². The SMILES string of the molecule is C[C@@H]1CN(CC(=O)Nc2ccc3[nH]c(=O)[nH]c3c2)CC[C@@]1(O)c1ccc(F)cc1. The third-order valence-electron chi connectivity index (χ3n) is 5.67. The number of aliphatic hydroxyl groups is 1. The van der Waals surface area contributed by atoms with E-state index in [0.717, 1.165) is 0 Å². The first-order chi connectivity index (χ1) is 13.8. The van der Waals surface area contributed by atoms with Gasteiger partial charge in [-0.1, -0.05) is 19.1 Å². The standard InChI is InChI=1S/C21H23FN4O3/c1-13-11-26(9-8-21(13,29)14-2-4-15(22)5-3-14)12-19(27)23-16-6-7-17-18(10-16)25-20(28)24-17/h2-7,10,13,29H,8-9,11-12H2,1H3,(H,23,27)(H2,24,25,28)/t13-,21+/m1/s1. The third kappa shape index (κ3) is 3.94. The molecule has 1 aliphatic rings. The Bertz CT molecular complexity index is 1090. The van der Waals surface area contributed by atoms with E-state index in [-0.39, 0.29) is 29.9 Å². The van der Waals surface area contributed by atoms with Crippen LogP contribution in [0.15, 0.2) is 47.3 Å². The number of aromatic amines is 2. The average Bonchev–Trinajstić information content (AvgIpc) is 3.04. The molecule has 2 heterocycles. The molecule has 0 radical (unpaired) electrons. The van der Waals surface area contributed by atoms with Crippen LogP contribution in [-0.2, 0) is 10.4 Å². The van der Waals surface area contributed by atoms with Gasteiger partial charge in [0, 0.05) is 24.7 Å². The highest BCUT2D eigenvalue weighted by atomic mass is 19.1. The molecule has 2 aromatic carbocycles. The van der Waals surface area contributed by atoms with Gasteiger partial charge in [0.2, 0.25) is 5.91 Å². The van der Waals surface area contributed by atoms with E-state index in [4.69, 9.17) is 0 Å². The van der Waals surface area contributed by atoms with Crippen LogP contribution in [-0.4, -0.2) is 45.5 Å². The van der Waals surface area contributed by atoms with Crippen LogP contribution in [0.5, 0.6) is 0 Å². The number of hydrogen-bond donors (Lipinski definition) is 4. The van der Waals surface area contributed by atoms with E-state index < -0.39 is 5.60 Å². The number of aromatic nitrogens is 2. The van der Waals surface area contributed by atoms with E-state index in [9.17, 15) is 19.1 Å². The predicted molar refractivity (Wildman–Crippen MR) is 108 cm³/mol. The van der Waals surface area contributed by atoms with E-state index >= 15 is 0 Å². The maximum absolute atomic E-state index is 13.2. The summed E-state index contributed by atoms with van der Waals surface area (Å²) in [6.45, 7) is 3.23. The summed E-state index contributed by atoms with van der Waals surface area (Å²) < 4.78 is 13.2. The molecule has 3 aromatic rings. The lowest BCUT2D eigenvalue weighted by atomic mass is 9.77. The second-order valence-electron chi connectivity index (χ2n) is 7.70. The molecule has 2 atom stereocenters. The first-order valence-corrected chi connectivity index (χ1v) is 9.56. The van der Waals surface area contributed by atoms with Gasteiger partial charge < -0.3 is 20.4 Å². The number of fused-ring (bicyclic) bond motifs is 1. The topological polar surface area (TPSA) is 101 Å². The number of rotatable bonds is 4. The molecule has 1 aliphatic heterocycles. The van der Waals surface area contributed by atoms with Gasteiger partial charge in [0.15, 0.2) is 0 Å². The van der Waals surface area contributed by atoms with Gasteiger partial charge >= 0.3 is 5.69 Å². The Labute approximate surface area is 166 Å². The summed E-state index contributed by atoms with van der Waals surface area (Å²) in [6.07, 6.45) is 0.462. The number of imidazole rings is 1. The van der Waals surface area contributed by atoms with Gasteiger partial charge in [-0.05, 0) is 42.3 Å². The van der Waals surface area contributed by atoms with Gasteiger partial charge in [-0.25, -0.2) is 9.18 Å². The molecule has 0 bridgehead atoms. The lowest BCUT2D eigenvalue weighted by Gasteiger charge is -2.43. The van der Waals surface area contributed by atoms with E-state index in [0.29, 0.717) is 41.8 Å². The number of nitrogens with zero attached hydrogens (tertiary/aromatic N) is 1. The predicted octanol–water partition coefficient (Wildman–Crippen LogP) is 2.16. The molecule has 8 heteroatoms. The average molecular weight is 398 g/mol. The van der Waals surface area contributed by atoms with Crippen molar-refractivity contribution in [1.82, 2.24) is 14.9 Å². The van der Waals surface area contributed by atoms with Crippen LogP contribution in [0.2, 0.25) is 0 Å². The molecule has 0 spiro atoms. The maximum Gasteiger partial charge on any atom is 0.323 e. The largest absolute Gasteiger partial charge is 0.385 e. The zero-order valence-corrected chi connectivity index (χ0v) is 16.0. The molecule has 0 unspecified atom stereocenters. The minimum absolute atomic E-state index is 0.115. The van der Waals surface area contributed by atoms with Gasteiger partial charge in [0.1, 0.15) is 5.82 Å². The summed E-state index contributed by atoms with van der Waals surface area (Å²) >= 11 is 0. The number of nitrogens with one attached hydrogen (secondary N) is 3. The lowest BCUT2D eigenvalue weighted by Crippen LogP contribution is -2.50. The Morgan fingerprint density at radius 2 is 1.97 bits per heavy atom. The van der Waals surface area contributed by atoms with Crippen molar-refractivity contribution in [2.24, 2.45) is 5.92 Å². The van der Waals surface area contributed by atoms with Crippen LogP contribution in [0.1, 0.15) is 18.9 Å². The van der Waals surface area contributed by atoms with Gasteiger partial charge in [0.25, 0.3) is 0 Å². The van der Waals surface area contributed by atoms with Crippen LogP contribution in [0.25, 0.3) is 11.0 Å². The Hall–Kier alpha value is -2.97. The number of anilines is 1. The number of carbonyl (C=O) groups excluding carboxylic acids is 1. The van der Waals surface area contributed by atoms with Crippen molar-refractivity contribution in [2.45, 2.75) is 18.9 Å². The quantitative estimate of drug-likeness (QED) is 0.541. The molecule has 152 valence electrons. The fourth-order valence-electron chi connectivity index (χ4n) is 4.03. The van der Waals surface area contributed by atoms with Crippen molar-refractivity contribution < 1.29 is 14.3 Å². The van der Waals surface area contributed by atoms with Crippen molar-refractivity contribution in [3.05, 3.63) is 64.3 Å². The number of halogens is 1. The fourth-order valence-corrected chi connectivity index (χ4v) is 4.03. The first kappa shape index (κ1) is 19.4. The van der Waals surface area contributed by atoms with Gasteiger partial charge in [-0.3, -0.25) is 9.69 Å². The smallest absolute Gasteiger partial charge is 0.323 e. The Morgan fingerprint density at radius 1 is 1.24 bits per heavy atom. The second-order valence-corrected chi connectivity index (χ2v) is 7.70. The molecule has 1 amide bonds. The summed E-state index contributed by atoms with van der Waals surface area (Å²) in [5.41, 5.74) is 1.28. The van der Waals surface area contributed by atoms with Crippen molar-refractivity contribution in [3.8, 4) is 0 Å². The normalized spacial score (nSPS) is 22.7. The highest BCUT2D eigenvalue weighted by Crippen LogP contribution is 2.37. The molecular weight excluding hydrogens is 375 g/mol. The summed E-state index contributed by atoms with van der Waals surface area (Å²) in [7, 11) is 0. The highest BCUT2D eigenvalue weighted by molar-refractivity contribution is 5.94. The number of likely N-dealkylation sites (tertiary alicyclic amines) is 1. The zero-order chi connectivity index (χ0) is 20.6. The minimum Gasteiger partial charge on any atom is -0.385 e. The third-order valence-corrected chi connectivity index (χ3v) is 5.67. The number of H-pyrrole nitrogens is 2. The highest BCUT2D eigenvalue weighted by Gasteiger charge is 2.40. The molecule has 0 aliphatic carbocycles. The van der Waals surface area contributed by atoms with E-state index in [1.165, 1.54) is 12.1 Å². The van der Waals surface area contributed by atoms with Crippen LogP contribution >= 0.6 is 0 Å².